The number of aliphatic hydroxyl groups excluding tert-OH is 1. The van der Waals surface area contributed by atoms with E-state index in [0.717, 1.165) is 24.2 Å². The number of pyridine rings is 1. The Kier molecular flexibility index (Phi) is 4.04. The zero-order chi connectivity index (χ0) is 14.0. The molecule has 1 saturated heterocycles. The summed E-state index contributed by atoms with van der Waals surface area (Å²) in [6.07, 6.45) is 2.86. The van der Waals surface area contributed by atoms with Crippen LogP contribution in [0.4, 0.5) is 5.82 Å². The Morgan fingerprint density at radius 3 is 2.95 bits per heavy atom. The maximum absolute atomic E-state index is 11.4. The standard InChI is InChI=1S/C14H21N3O2/c1-9-5-6-11(13(15)19)8-17(9)14-12(10(2)18)4-3-7-16-14/h3-4,7,9-11,18H,5-6,8H2,1-2H3,(H2,15,19)/t9?,10-,11?/m0/s1. The maximum atomic E-state index is 11.4. The van der Waals surface area contributed by atoms with Crippen molar-refractivity contribution in [1.29, 1.82) is 0 Å². The lowest BCUT2D eigenvalue weighted by Crippen LogP contribution is -2.46. The van der Waals surface area contributed by atoms with Gasteiger partial charge in [0.1, 0.15) is 5.82 Å². The van der Waals surface area contributed by atoms with E-state index in [-0.39, 0.29) is 11.8 Å². The van der Waals surface area contributed by atoms with Gasteiger partial charge in [-0.1, -0.05) is 6.07 Å². The molecule has 0 saturated carbocycles. The minimum absolute atomic E-state index is 0.139. The Hall–Kier alpha value is -1.62. The van der Waals surface area contributed by atoms with E-state index < -0.39 is 6.10 Å². The van der Waals surface area contributed by atoms with Crippen LogP contribution in [0.15, 0.2) is 18.3 Å². The van der Waals surface area contributed by atoms with Crippen molar-refractivity contribution in [2.45, 2.75) is 38.8 Å². The molecule has 1 fully saturated rings. The first-order chi connectivity index (χ1) is 9.00. The predicted molar refractivity (Wildman–Crippen MR) is 73.6 cm³/mol. The van der Waals surface area contributed by atoms with Gasteiger partial charge in [0.2, 0.25) is 5.91 Å². The monoisotopic (exact) mass is 263 g/mol. The minimum atomic E-state index is -0.579. The van der Waals surface area contributed by atoms with Gasteiger partial charge in [0, 0.05) is 24.3 Å². The van der Waals surface area contributed by atoms with Crippen LogP contribution in [0.25, 0.3) is 0 Å². The number of piperidine rings is 1. The van der Waals surface area contributed by atoms with Gasteiger partial charge in [0.25, 0.3) is 0 Å². The summed E-state index contributed by atoms with van der Waals surface area (Å²) in [5.41, 5.74) is 6.21. The summed E-state index contributed by atoms with van der Waals surface area (Å²) in [5.74, 6) is 0.363. The number of nitrogens with two attached hydrogens (primary N) is 1. The Balaban J connectivity index is 2.31. The van der Waals surface area contributed by atoms with Crippen molar-refractivity contribution < 1.29 is 9.90 Å². The highest BCUT2D eigenvalue weighted by molar-refractivity contribution is 5.77. The topological polar surface area (TPSA) is 79.5 Å². The molecule has 0 aromatic carbocycles. The zero-order valence-corrected chi connectivity index (χ0v) is 11.4. The summed E-state index contributed by atoms with van der Waals surface area (Å²) < 4.78 is 0. The lowest BCUT2D eigenvalue weighted by molar-refractivity contribution is -0.122. The third kappa shape index (κ3) is 2.87. The highest BCUT2D eigenvalue weighted by Gasteiger charge is 2.30. The SMILES string of the molecule is CC1CCC(C(N)=O)CN1c1ncccc1[C@H](C)O. The van der Waals surface area contributed by atoms with Crippen LogP contribution in [-0.2, 0) is 4.79 Å². The summed E-state index contributed by atoms with van der Waals surface area (Å²) >= 11 is 0. The molecule has 0 bridgehead atoms. The van der Waals surface area contributed by atoms with Crippen LogP contribution < -0.4 is 10.6 Å². The lowest BCUT2D eigenvalue weighted by Gasteiger charge is -2.38. The van der Waals surface area contributed by atoms with E-state index in [2.05, 4.69) is 16.8 Å². The molecule has 1 aliphatic heterocycles. The highest BCUT2D eigenvalue weighted by Crippen LogP contribution is 2.31. The van der Waals surface area contributed by atoms with Crippen LogP contribution in [0.1, 0.15) is 38.4 Å². The molecule has 3 N–H and O–H groups in total. The van der Waals surface area contributed by atoms with Gasteiger partial charge in [-0.15, -0.1) is 0 Å². The smallest absolute Gasteiger partial charge is 0.222 e. The number of aliphatic hydroxyl groups is 1. The number of carbonyl (C=O) groups excluding carboxylic acids is 1. The van der Waals surface area contributed by atoms with Crippen LogP contribution in [0, 0.1) is 5.92 Å². The van der Waals surface area contributed by atoms with Gasteiger partial charge >= 0.3 is 0 Å². The molecule has 1 aliphatic rings. The van der Waals surface area contributed by atoms with Gasteiger partial charge in [-0.2, -0.15) is 0 Å². The number of primary amides is 1. The molecule has 1 amide bonds. The second-order valence-corrected chi connectivity index (χ2v) is 5.27. The average Bonchev–Trinajstić information content (AvgIpc) is 2.39. The molecule has 0 aliphatic carbocycles. The molecule has 5 heteroatoms. The van der Waals surface area contributed by atoms with Crippen LogP contribution in [0.3, 0.4) is 0 Å². The second-order valence-electron chi connectivity index (χ2n) is 5.27. The number of amides is 1. The summed E-state index contributed by atoms with van der Waals surface area (Å²) in [4.78, 5) is 17.8. The molecule has 0 radical (unpaired) electrons. The zero-order valence-electron chi connectivity index (χ0n) is 11.4. The Morgan fingerprint density at radius 1 is 1.58 bits per heavy atom. The van der Waals surface area contributed by atoms with Crippen molar-refractivity contribution in [3.63, 3.8) is 0 Å². The van der Waals surface area contributed by atoms with Gasteiger partial charge in [0.15, 0.2) is 0 Å². The first-order valence-electron chi connectivity index (χ1n) is 6.69. The molecule has 2 unspecified atom stereocenters. The van der Waals surface area contributed by atoms with Crippen molar-refractivity contribution in [2.75, 3.05) is 11.4 Å². The predicted octanol–water partition coefficient (Wildman–Crippen LogP) is 1.23. The van der Waals surface area contributed by atoms with Crippen LogP contribution in [0.2, 0.25) is 0 Å². The molecule has 2 heterocycles. The van der Waals surface area contributed by atoms with Crippen molar-refractivity contribution in [3.8, 4) is 0 Å². The quantitative estimate of drug-likeness (QED) is 0.859. The number of hydrogen-bond donors (Lipinski definition) is 2. The Bertz CT molecular complexity index is 462. The minimum Gasteiger partial charge on any atom is -0.389 e. The molecular weight excluding hydrogens is 242 g/mol. The number of aromatic nitrogens is 1. The van der Waals surface area contributed by atoms with E-state index in [0.29, 0.717) is 12.6 Å². The van der Waals surface area contributed by atoms with Crippen molar-refractivity contribution in [2.24, 2.45) is 11.7 Å². The molecule has 19 heavy (non-hydrogen) atoms. The van der Waals surface area contributed by atoms with Gasteiger partial charge in [0.05, 0.1) is 12.0 Å². The molecule has 5 nitrogen and oxygen atoms in total. The molecule has 1 aromatic heterocycles. The molecule has 2 rings (SSSR count). The first kappa shape index (κ1) is 13.8. The maximum Gasteiger partial charge on any atom is 0.222 e. The normalized spacial score (nSPS) is 25.1. The Labute approximate surface area is 113 Å². The van der Waals surface area contributed by atoms with E-state index in [1.54, 1.807) is 13.1 Å². The van der Waals surface area contributed by atoms with E-state index in [9.17, 15) is 9.90 Å². The van der Waals surface area contributed by atoms with Crippen LogP contribution in [0.5, 0.6) is 0 Å². The van der Waals surface area contributed by atoms with Gasteiger partial charge in [-0.25, -0.2) is 4.98 Å². The third-order valence-corrected chi connectivity index (χ3v) is 3.82. The largest absolute Gasteiger partial charge is 0.389 e. The van der Waals surface area contributed by atoms with Crippen molar-refractivity contribution in [1.82, 2.24) is 4.98 Å². The average molecular weight is 263 g/mol. The van der Waals surface area contributed by atoms with Crippen molar-refractivity contribution >= 4 is 11.7 Å². The van der Waals surface area contributed by atoms with Gasteiger partial charge in [-0.05, 0) is 32.8 Å². The summed E-state index contributed by atoms with van der Waals surface area (Å²) in [6, 6.07) is 3.97. The number of anilines is 1. The first-order valence-corrected chi connectivity index (χ1v) is 6.69. The molecule has 3 atom stereocenters. The number of carbonyl (C=O) groups is 1. The number of nitrogens with zero attached hydrogens (tertiary/aromatic N) is 2. The lowest BCUT2D eigenvalue weighted by atomic mass is 9.92. The summed E-state index contributed by atoms with van der Waals surface area (Å²) in [5, 5.41) is 9.84. The van der Waals surface area contributed by atoms with Gasteiger partial charge < -0.3 is 15.7 Å². The van der Waals surface area contributed by atoms with E-state index in [1.807, 2.05) is 12.1 Å². The van der Waals surface area contributed by atoms with Crippen molar-refractivity contribution in [3.05, 3.63) is 23.9 Å². The Morgan fingerprint density at radius 2 is 2.32 bits per heavy atom. The number of hydrogen-bond acceptors (Lipinski definition) is 4. The fourth-order valence-electron chi connectivity index (χ4n) is 2.61. The van der Waals surface area contributed by atoms with Crippen LogP contribution in [-0.4, -0.2) is 28.6 Å². The molecular formula is C14H21N3O2. The van der Waals surface area contributed by atoms with Crippen LogP contribution >= 0.6 is 0 Å². The molecule has 104 valence electrons. The molecule has 0 spiro atoms. The van der Waals surface area contributed by atoms with E-state index in [1.165, 1.54) is 0 Å². The van der Waals surface area contributed by atoms with E-state index in [4.69, 9.17) is 5.73 Å². The third-order valence-electron chi connectivity index (χ3n) is 3.82. The second kappa shape index (κ2) is 5.57. The molecule has 1 aromatic rings. The van der Waals surface area contributed by atoms with E-state index >= 15 is 0 Å². The fourth-order valence-corrected chi connectivity index (χ4v) is 2.61. The highest BCUT2D eigenvalue weighted by atomic mass is 16.3. The fraction of sp³-hybridized carbons (Fsp3) is 0.571. The summed E-state index contributed by atoms with van der Waals surface area (Å²) in [6.45, 7) is 4.41. The van der Waals surface area contributed by atoms with Gasteiger partial charge in [-0.3, -0.25) is 4.79 Å². The summed E-state index contributed by atoms with van der Waals surface area (Å²) in [7, 11) is 0. The number of rotatable bonds is 3.